The Hall–Kier alpha value is -2.09. The number of nitrogens with zero attached hydrogens (tertiary/aromatic N) is 3. The molecule has 2 heterocycles. The SMILES string of the molecule is N/C(=N/O)C1CN(c2ncc[nH]c2=O)CCO1. The summed E-state index contributed by atoms with van der Waals surface area (Å²) in [4.78, 5) is 19.8. The Morgan fingerprint density at radius 1 is 1.76 bits per heavy atom. The van der Waals surface area contributed by atoms with Crippen LogP contribution in [0.2, 0.25) is 0 Å². The van der Waals surface area contributed by atoms with Crippen molar-refractivity contribution in [1.82, 2.24) is 9.97 Å². The quantitative estimate of drug-likeness (QED) is 0.256. The Morgan fingerprint density at radius 2 is 2.59 bits per heavy atom. The van der Waals surface area contributed by atoms with Crippen LogP contribution in [0.25, 0.3) is 0 Å². The average Bonchev–Trinajstić information content (AvgIpc) is 2.38. The van der Waals surface area contributed by atoms with Crippen molar-refractivity contribution in [2.24, 2.45) is 10.9 Å². The molecule has 0 saturated carbocycles. The van der Waals surface area contributed by atoms with Gasteiger partial charge in [-0.25, -0.2) is 4.98 Å². The number of H-pyrrole nitrogens is 1. The molecule has 92 valence electrons. The van der Waals surface area contributed by atoms with Crippen LogP contribution in [-0.2, 0) is 4.74 Å². The average molecular weight is 239 g/mol. The number of nitrogens with two attached hydrogens (primary N) is 1. The minimum Gasteiger partial charge on any atom is -0.409 e. The van der Waals surface area contributed by atoms with Crippen LogP contribution in [0.15, 0.2) is 22.3 Å². The largest absolute Gasteiger partial charge is 0.409 e. The van der Waals surface area contributed by atoms with Gasteiger partial charge in [-0.3, -0.25) is 4.79 Å². The van der Waals surface area contributed by atoms with Crippen LogP contribution in [0.5, 0.6) is 0 Å². The summed E-state index contributed by atoms with van der Waals surface area (Å²) in [7, 11) is 0. The topological polar surface area (TPSA) is 117 Å². The van der Waals surface area contributed by atoms with Crippen molar-refractivity contribution in [3.63, 3.8) is 0 Å². The summed E-state index contributed by atoms with van der Waals surface area (Å²) in [5, 5.41) is 11.5. The van der Waals surface area contributed by atoms with Crippen LogP contribution in [0.1, 0.15) is 0 Å². The predicted molar refractivity (Wildman–Crippen MR) is 60.2 cm³/mol. The molecule has 1 aliphatic heterocycles. The molecule has 1 atom stereocenters. The van der Waals surface area contributed by atoms with E-state index in [9.17, 15) is 4.79 Å². The second-order valence-electron chi connectivity index (χ2n) is 3.57. The second-order valence-corrected chi connectivity index (χ2v) is 3.57. The molecule has 0 amide bonds. The Kier molecular flexibility index (Phi) is 3.24. The lowest BCUT2D eigenvalue weighted by atomic mass is 10.2. The molecule has 0 spiro atoms. The van der Waals surface area contributed by atoms with Crippen LogP contribution in [0.4, 0.5) is 5.82 Å². The first-order valence-corrected chi connectivity index (χ1v) is 5.10. The van der Waals surface area contributed by atoms with Gasteiger partial charge in [0.05, 0.1) is 13.2 Å². The van der Waals surface area contributed by atoms with E-state index >= 15 is 0 Å². The molecule has 1 unspecified atom stereocenters. The zero-order chi connectivity index (χ0) is 12.3. The summed E-state index contributed by atoms with van der Waals surface area (Å²) in [5.74, 6) is 0.300. The first-order chi connectivity index (χ1) is 8.22. The zero-order valence-corrected chi connectivity index (χ0v) is 9.04. The molecule has 8 heteroatoms. The maximum Gasteiger partial charge on any atom is 0.290 e. The first-order valence-electron chi connectivity index (χ1n) is 5.10. The molecule has 4 N–H and O–H groups in total. The van der Waals surface area contributed by atoms with Crippen LogP contribution in [0, 0.1) is 0 Å². The van der Waals surface area contributed by atoms with Crippen LogP contribution >= 0.6 is 0 Å². The number of ether oxygens (including phenoxy) is 1. The zero-order valence-electron chi connectivity index (χ0n) is 9.04. The molecular formula is C9H13N5O3. The fourth-order valence-electron chi connectivity index (χ4n) is 1.65. The van der Waals surface area contributed by atoms with Gasteiger partial charge < -0.3 is 25.6 Å². The minimum absolute atomic E-state index is 0.0120. The number of hydrogen-bond acceptors (Lipinski definition) is 6. The molecule has 1 fully saturated rings. The summed E-state index contributed by atoms with van der Waals surface area (Å²) < 4.78 is 5.32. The summed E-state index contributed by atoms with van der Waals surface area (Å²) in [6.07, 6.45) is 2.44. The summed E-state index contributed by atoms with van der Waals surface area (Å²) in [6.45, 7) is 1.25. The number of anilines is 1. The van der Waals surface area contributed by atoms with Gasteiger partial charge in [0.15, 0.2) is 11.7 Å². The number of morpholine rings is 1. The van der Waals surface area contributed by atoms with Crippen LogP contribution in [-0.4, -0.2) is 46.8 Å². The van der Waals surface area contributed by atoms with E-state index in [2.05, 4.69) is 15.1 Å². The van der Waals surface area contributed by atoms with E-state index in [1.807, 2.05) is 0 Å². The maximum atomic E-state index is 11.6. The maximum absolute atomic E-state index is 11.6. The lowest BCUT2D eigenvalue weighted by molar-refractivity contribution is 0.0803. The van der Waals surface area contributed by atoms with E-state index < -0.39 is 6.10 Å². The predicted octanol–water partition coefficient (Wildman–Crippen LogP) is -1.28. The Morgan fingerprint density at radius 3 is 3.29 bits per heavy atom. The molecular weight excluding hydrogens is 226 g/mol. The van der Waals surface area contributed by atoms with E-state index in [1.165, 1.54) is 12.4 Å². The second kappa shape index (κ2) is 4.83. The van der Waals surface area contributed by atoms with Gasteiger partial charge in [0.1, 0.15) is 6.10 Å². The monoisotopic (exact) mass is 239 g/mol. The van der Waals surface area contributed by atoms with Crippen molar-refractivity contribution in [2.75, 3.05) is 24.6 Å². The van der Waals surface area contributed by atoms with Gasteiger partial charge in [0.2, 0.25) is 0 Å². The van der Waals surface area contributed by atoms with Gasteiger partial charge in [-0.1, -0.05) is 5.16 Å². The molecule has 0 aliphatic carbocycles. The molecule has 8 nitrogen and oxygen atoms in total. The van der Waals surface area contributed by atoms with Gasteiger partial charge in [0, 0.05) is 18.9 Å². The van der Waals surface area contributed by atoms with E-state index in [4.69, 9.17) is 15.7 Å². The highest BCUT2D eigenvalue weighted by atomic mass is 16.5. The highest BCUT2D eigenvalue weighted by molar-refractivity contribution is 5.85. The summed E-state index contributed by atoms with van der Waals surface area (Å²) >= 11 is 0. The summed E-state index contributed by atoms with van der Waals surface area (Å²) in [5.41, 5.74) is 5.20. The number of nitrogens with one attached hydrogen (secondary N) is 1. The standard InChI is InChI=1S/C9H13N5O3/c10-7(13-16)6-5-14(3-4-17-6)8-9(15)12-2-1-11-8/h1-2,6,16H,3-5H2,(H2,10,13)(H,12,15). The van der Waals surface area contributed by atoms with E-state index in [0.29, 0.717) is 25.5 Å². The third-order valence-corrected chi connectivity index (χ3v) is 2.50. The molecule has 0 aromatic carbocycles. The normalized spacial score (nSPS) is 21.5. The third-order valence-electron chi connectivity index (χ3n) is 2.50. The fourth-order valence-corrected chi connectivity index (χ4v) is 1.65. The molecule has 17 heavy (non-hydrogen) atoms. The highest BCUT2D eigenvalue weighted by Crippen LogP contribution is 2.10. The molecule has 2 rings (SSSR count). The number of hydrogen-bond donors (Lipinski definition) is 3. The fraction of sp³-hybridized carbons (Fsp3) is 0.444. The first kappa shape index (κ1) is 11.4. The molecule has 0 bridgehead atoms. The molecule has 1 aromatic rings. The number of aromatic amines is 1. The summed E-state index contributed by atoms with van der Waals surface area (Å²) in [6, 6.07) is 0. The number of oxime groups is 1. The van der Waals surface area contributed by atoms with Gasteiger partial charge in [-0.2, -0.15) is 0 Å². The number of amidine groups is 1. The molecule has 1 aromatic heterocycles. The molecule has 1 aliphatic rings. The van der Waals surface area contributed by atoms with Crippen LogP contribution in [0.3, 0.4) is 0 Å². The Balaban J connectivity index is 2.18. The van der Waals surface area contributed by atoms with Crippen molar-refractivity contribution in [3.05, 3.63) is 22.7 Å². The van der Waals surface area contributed by atoms with Crippen molar-refractivity contribution < 1.29 is 9.94 Å². The Labute approximate surface area is 96.7 Å². The van der Waals surface area contributed by atoms with Gasteiger partial charge >= 0.3 is 0 Å². The van der Waals surface area contributed by atoms with Gasteiger partial charge in [-0.15, -0.1) is 0 Å². The van der Waals surface area contributed by atoms with Crippen molar-refractivity contribution in [2.45, 2.75) is 6.10 Å². The van der Waals surface area contributed by atoms with E-state index in [1.54, 1.807) is 4.90 Å². The lowest BCUT2D eigenvalue weighted by Gasteiger charge is -2.32. The smallest absolute Gasteiger partial charge is 0.290 e. The Bertz CT molecular complexity index is 472. The third kappa shape index (κ3) is 2.36. The van der Waals surface area contributed by atoms with Crippen molar-refractivity contribution in [1.29, 1.82) is 0 Å². The number of aromatic nitrogens is 2. The van der Waals surface area contributed by atoms with Crippen LogP contribution < -0.4 is 16.2 Å². The highest BCUT2D eigenvalue weighted by Gasteiger charge is 2.25. The lowest BCUT2D eigenvalue weighted by Crippen LogP contribution is -2.50. The van der Waals surface area contributed by atoms with Gasteiger partial charge in [0.25, 0.3) is 5.56 Å². The van der Waals surface area contributed by atoms with Crippen molar-refractivity contribution in [3.8, 4) is 0 Å². The van der Waals surface area contributed by atoms with E-state index in [0.717, 1.165) is 0 Å². The number of rotatable bonds is 2. The van der Waals surface area contributed by atoms with E-state index in [-0.39, 0.29) is 11.4 Å². The van der Waals surface area contributed by atoms with Gasteiger partial charge in [-0.05, 0) is 0 Å². The minimum atomic E-state index is -0.532. The molecule has 0 radical (unpaired) electrons. The van der Waals surface area contributed by atoms with Crippen molar-refractivity contribution >= 4 is 11.7 Å². The molecule has 1 saturated heterocycles.